The molecule has 146 valence electrons. The number of Topliss-reactive ketones (excluding diaryl/α,β-unsaturated/α-hetero) is 1. The number of halogens is 1. The molecule has 2 atom stereocenters. The lowest BCUT2D eigenvalue weighted by Gasteiger charge is -2.25. The zero-order chi connectivity index (χ0) is 20.5. The number of nitro groups is 1. The van der Waals surface area contributed by atoms with E-state index in [1.807, 2.05) is 24.3 Å². The van der Waals surface area contributed by atoms with E-state index >= 15 is 0 Å². The summed E-state index contributed by atoms with van der Waals surface area (Å²) in [5.74, 6) is -0.358. The van der Waals surface area contributed by atoms with E-state index in [4.69, 9.17) is 9.15 Å². The van der Waals surface area contributed by atoms with Crippen molar-refractivity contribution in [2.75, 3.05) is 5.32 Å². The molecule has 1 aliphatic rings. The quantitative estimate of drug-likeness (QED) is 0.454. The lowest BCUT2D eigenvalue weighted by atomic mass is 9.96. The van der Waals surface area contributed by atoms with Crippen molar-refractivity contribution in [2.24, 2.45) is 0 Å². The fourth-order valence-electron chi connectivity index (χ4n) is 3.14. The third-order valence-electron chi connectivity index (χ3n) is 4.54. The first-order valence-electron chi connectivity index (χ1n) is 8.53. The number of hydrogen-bond acceptors (Lipinski definition) is 7. The van der Waals surface area contributed by atoms with E-state index in [1.165, 1.54) is 24.5 Å². The Morgan fingerprint density at radius 3 is 2.34 bits per heavy atom. The van der Waals surface area contributed by atoms with E-state index in [2.05, 4.69) is 21.2 Å². The molecule has 0 aliphatic carbocycles. The average molecular weight is 457 g/mol. The molecule has 0 saturated carbocycles. The summed E-state index contributed by atoms with van der Waals surface area (Å²) in [6.07, 6.45) is 0.125. The second kappa shape index (κ2) is 7.51. The predicted molar refractivity (Wildman–Crippen MR) is 107 cm³/mol. The van der Waals surface area contributed by atoms with Crippen LogP contribution in [-0.4, -0.2) is 16.8 Å². The third-order valence-corrected chi connectivity index (χ3v) is 5.06. The number of nitro benzene ring substituents is 1. The number of anilines is 1. The first kappa shape index (κ1) is 18.9. The molecule has 0 saturated heterocycles. The van der Waals surface area contributed by atoms with Crippen LogP contribution in [0.15, 0.2) is 74.5 Å². The predicted octanol–water partition coefficient (Wildman–Crippen LogP) is 4.11. The van der Waals surface area contributed by atoms with Gasteiger partial charge in [0.1, 0.15) is 11.3 Å². The number of nitrogens with zero attached hydrogens (tertiary/aromatic N) is 1. The molecule has 9 heteroatoms. The van der Waals surface area contributed by atoms with E-state index in [9.17, 15) is 19.7 Å². The standard InChI is InChI=1S/C20H13BrN2O6/c21-12-3-5-13(6-4-12)22-17(11-1-7-14(8-2-11)23(26)27)19-18(24)16-15(29-19)9-10-28-20(16)25/h1-10,17,19,22H. The highest BCUT2D eigenvalue weighted by Crippen LogP contribution is 2.35. The van der Waals surface area contributed by atoms with Gasteiger partial charge < -0.3 is 14.5 Å². The molecule has 1 aliphatic heterocycles. The molecule has 0 amide bonds. The summed E-state index contributed by atoms with van der Waals surface area (Å²) in [5.41, 5.74) is 0.326. The van der Waals surface area contributed by atoms with Crippen molar-refractivity contribution in [1.29, 1.82) is 0 Å². The molecule has 8 nitrogen and oxygen atoms in total. The minimum absolute atomic E-state index is 0.0706. The van der Waals surface area contributed by atoms with Gasteiger partial charge in [-0.3, -0.25) is 14.9 Å². The van der Waals surface area contributed by atoms with Crippen molar-refractivity contribution in [3.63, 3.8) is 0 Å². The van der Waals surface area contributed by atoms with Crippen molar-refractivity contribution in [3.05, 3.63) is 97.0 Å². The Kier molecular flexibility index (Phi) is 4.89. The van der Waals surface area contributed by atoms with E-state index in [0.29, 0.717) is 11.3 Å². The maximum atomic E-state index is 12.9. The SMILES string of the molecule is O=C1c2c(ccoc2=O)OC1C(Nc1ccc(Br)cc1)c1ccc([N+](=O)[O-])cc1. The smallest absolute Gasteiger partial charge is 0.350 e. The van der Waals surface area contributed by atoms with Gasteiger partial charge in [-0.15, -0.1) is 0 Å². The summed E-state index contributed by atoms with van der Waals surface area (Å²) in [6, 6.07) is 13.8. The highest BCUT2D eigenvalue weighted by atomic mass is 79.9. The Morgan fingerprint density at radius 2 is 1.72 bits per heavy atom. The minimum atomic E-state index is -1.04. The normalized spacial score (nSPS) is 16.0. The van der Waals surface area contributed by atoms with Crippen molar-refractivity contribution >= 4 is 33.1 Å². The van der Waals surface area contributed by atoms with Crippen LogP contribution < -0.4 is 15.7 Å². The van der Waals surface area contributed by atoms with Gasteiger partial charge in [0.25, 0.3) is 5.69 Å². The van der Waals surface area contributed by atoms with Gasteiger partial charge in [-0.25, -0.2) is 4.79 Å². The highest BCUT2D eigenvalue weighted by Gasteiger charge is 2.41. The zero-order valence-electron chi connectivity index (χ0n) is 14.7. The molecule has 29 heavy (non-hydrogen) atoms. The summed E-state index contributed by atoms with van der Waals surface area (Å²) >= 11 is 3.37. The van der Waals surface area contributed by atoms with Gasteiger partial charge in [0, 0.05) is 28.4 Å². The van der Waals surface area contributed by atoms with Crippen LogP contribution in [0.4, 0.5) is 11.4 Å². The molecule has 0 bridgehead atoms. The first-order valence-corrected chi connectivity index (χ1v) is 9.32. The maximum Gasteiger partial charge on any atom is 0.350 e. The molecule has 4 rings (SSSR count). The number of benzene rings is 2. The van der Waals surface area contributed by atoms with Crippen LogP contribution in [0.25, 0.3) is 0 Å². The van der Waals surface area contributed by atoms with Gasteiger partial charge in [0.2, 0.25) is 5.78 Å². The van der Waals surface area contributed by atoms with Gasteiger partial charge in [-0.2, -0.15) is 0 Å². The Balaban J connectivity index is 1.73. The molecule has 0 spiro atoms. The molecule has 0 radical (unpaired) electrons. The van der Waals surface area contributed by atoms with Gasteiger partial charge in [0.15, 0.2) is 6.10 Å². The van der Waals surface area contributed by atoms with Crippen molar-refractivity contribution in [3.8, 4) is 5.75 Å². The molecule has 1 N–H and O–H groups in total. The number of fused-ring (bicyclic) bond motifs is 1. The fraction of sp³-hybridized carbons (Fsp3) is 0.100. The van der Waals surface area contributed by atoms with E-state index in [1.54, 1.807) is 12.1 Å². The van der Waals surface area contributed by atoms with Crippen LogP contribution in [0, 0.1) is 10.1 Å². The molecule has 1 aromatic heterocycles. The van der Waals surface area contributed by atoms with Gasteiger partial charge in [-0.1, -0.05) is 15.9 Å². The zero-order valence-corrected chi connectivity index (χ0v) is 16.3. The van der Waals surface area contributed by atoms with Crippen LogP contribution >= 0.6 is 15.9 Å². The number of non-ortho nitro benzene ring substituents is 1. The van der Waals surface area contributed by atoms with Crippen LogP contribution in [0.3, 0.4) is 0 Å². The molecule has 0 fully saturated rings. The second-order valence-electron chi connectivity index (χ2n) is 6.33. The van der Waals surface area contributed by atoms with E-state index < -0.39 is 28.5 Å². The molecular weight excluding hydrogens is 444 g/mol. The monoisotopic (exact) mass is 456 g/mol. The molecule has 3 aromatic rings. The highest BCUT2D eigenvalue weighted by molar-refractivity contribution is 9.10. The topological polar surface area (TPSA) is 112 Å². The van der Waals surface area contributed by atoms with Crippen molar-refractivity contribution < 1.29 is 18.9 Å². The number of ether oxygens (including phenoxy) is 1. The number of carbonyl (C=O) groups is 1. The van der Waals surface area contributed by atoms with E-state index in [-0.39, 0.29) is 17.0 Å². The first-order chi connectivity index (χ1) is 13.9. The lowest BCUT2D eigenvalue weighted by Crippen LogP contribution is -2.34. The Hall–Kier alpha value is -3.46. The number of nitrogens with one attached hydrogen (secondary N) is 1. The van der Waals surface area contributed by atoms with Gasteiger partial charge in [-0.05, 0) is 42.0 Å². The summed E-state index contributed by atoms with van der Waals surface area (Å²) < 4.78 is 11.4. The summed E-state index contributed by atoms with van der Waals surface area (Å²) in [7, 11) is 0. The Morgan fingerprint density at radius 1 is 1.03 bits per heavy atom. The molecule has 2 unspecified atom stereocenters. The van der Waals surface area contributed by atoms with Gasteiger partial charge in [0.05, 0.1) is 17.2 Å². The molecule has 2 heterocycles. The summed E-state index contributed by atoms with van der Waals surface area (Å²) in [6.45, 7) is 0. The maximum absolute atomic E-state index is 12.9. The Labute approximate surface area is 172 Å². The van der Waals surface area contributed by atoms with Crippen LogP contribution in [0.2, 0.25) is 0 Å². The van der Waals surface area contributed by atoms with Crippen LogP contribution in [-0.2, 0) is 0 Å². The Bertz CT molecular complexity index is 1140. The largest absolute Gasteiger partial charge is 0.479 e. The van der Waals surface area contributed by atoms with Crippen LogP contribution in [0.1, 0.15) is 22.0 Å². The molecule has 2 aromatic carbocycles. The molecular formula is C20H13BrN2O6. The number of rotatable bonds is 5. The summed E-state index contributed by atoms with van der Waals surface area (Å²) in [4.78, 5) is 35.3. The minimum Gasteiger partial charge on any atom is -0.479 e. The van der Waals surface area contributed by atoms with Gasteiger partial charge >= 0.3 is 5.63 Å². The number of carbonyl (C=O) groups excluding carboxylic acids is 1. The number of ketones is 1. The second-order valence-corrected chi connectivity index (χ2v) is 7.24. The van der Waals surface area contributed by atoms with Crippen molar-refractivity contribution in [2.45, 2.75) is 12.1 Å². The number of hydrogen-bond donors (Lipinski definition) is 1. The van der Waals surface area contributed by atoms with Crippen molar-refractivity contribution in [1.82, 2.24) is 0 Å². The lowest BCUT2D eigenvalue weighted by molar-refractivity contribution is -0.384. The van der Waals surface area contributed by atoms with Crippen LogP contribution in [0.5, 0.6) is 5.75 Å². The average Bonchev–Trinajstić information content (AvgIpc) is 3.05. The summed E-state index contributed by atoms with van der Waals surface area (Å²) in [5, 5.41) is 14.2. The third kappa shape index (κ3) is 3.64. The van der Waals surface area contributed by atoms with E-state index in [0.717, 1.165) is 4.47 Å². The fourth-order valence-corrected chi connectivity index (χ4v) is 3.40.